The quantitative estimate of drug-likeness (QED) is 0.438. The van der Waals surface area contributed by atoms with E-state index in [2.05, 4.69) is 40.8 Å². The molecular formula is C26H29N3O3. The molecule has 32 heavy (non-hydrogen) atoms. The zero-order valence-electron chi connectivity index (χ0n) is 19.2. The molecule has 166 valence electrons. The number of aryl methyl sites for hydroxylation is 3. The minimum Gasteiger partial charge on any atom is -0.454 e. The first kappa shape index (κ1) is 20.9. The fourth-order valence-electron chi connectivity index (χ4n) is 4.59. The Labute approximate surface area is 187 Å². The van der Waals surface area contributed by atoms with E-state index in [9.17, 15) is 4.79 Å². The summed E-state index contributed by atoms with van der Waals surface area (Å²) in [5.74, 6) is 0.675. The van der Waals surface area contributed by atoms with Gasteiger partial charge in [0.2, 0.25) is 0 Å². The van der Waals surface area contributed by atoms with E-state index in [4.69, 9.17) is 8.83 Å². The monoisotopic (exact) mass is 431 g/mol. The smallest absolute Gasteiger partial charge is 0.336 e. The van der Waals surface area contributed by atoms with E-state index < -0.39 is 0 Å². The predicted octanol–water partition coefficient (Wildman–Crippen LogP) is 4.66. The molecular weight excluding hydrogens is 402 g/mol. The molecule has 1 aromatic carbocycles. The van der Waals surface area contributed by atoms with Gasteiger partial charge in [0.05, 0.1) is 5.69 Å². The van der Waals surface area contributed by atoms with E-state index in [0.717, 1.165) is 83.6 Å². The number of pyridine rings is 1. The molecule has 0 radical (unpaired) electrons. The van der Waals surface area contributed by atoms with Crippen molar-refractivity contribution in [2.45, 2.75) is 34.2 Å². The van der Waals surface area contributed by atoms with Crippen LogP contribution in [-0.2, 0) is 6.54 Å². The lowest BCUT2D eigenvalue weighted by Gasteiger charge is -2.34. The van der Waals surface area contributed by atoms with Crippen molar-refractivity contribution in [1.29, 1.82) is 0 Å². The molecule has 5 rings (SSSR count). The van der Waals surface area contributed by atoms with Crippen LogP contribution in [-0.4, -0.2) is 47.5 Å². The Morgan fingerprint density at radius 2 is 1.62 bits per heavy atom. The van der Waals surface area contributed by atoms with Crippen molar-refractivity contribution in [3.8, 4) is 11.3 Å². The van der Waals surface area contributed by atoms with Gasteiger partial charge < -0.3 is 13.7 Å². The van der Waals surface area contributed by atoms with Crippen LogP contribution in [0, 0.1) is 20.8 Å². The SMILES string of the molecule is CCN1CCN(Cc2cnc(C)c3oc(-c4cc(=O)oc5cc(C)c(C)cc45)cc23)CC1. The average Bonchev–Trinajstić information content (AvgIpc) is 3.23. The lowest BCUT2D eigenvalue weighted by molar-refractivity contribution is 0.132. The van der Waals surface area contributed by atoms with E-state index >= 15 is 0 Å². The van der Waals surface area contributed by atoms with Gasteiger partial charge in [-0.05, 0) is 62.2 Å². The first-order valence-electron chi connectivity index (χ1n) is 11.3. The van der Waals surface area contributed by atoms with Crippen LogP contribution in [0.4, 0.5) is 0 Å². The normalized spacial score (nSPS) is 15.8. The van der Waals surface area contributed by atoms with Gasteiger partial charge in [-0.2, -0.15) is 0 Å². The van der Waals surface area contributed by atoms with Crippen molar-refractivity contribution in [1.82, 2.24) is 14.8 Å². The van der Waals surface area contributed by atoms with Gasteiger partial charge >= 0.3 is 5.63 Å². The Kier molecular flexibility index (Phi) is 5.35. The maximum Gasteiger partial charge on any atom is 0.336 e. The molecule has 4 aromatic rings. The molecule has 0 atom stereocenters. The van der Waals surface area contributed by atoms with Gasteiger partial charge in [0, 0.05) is 61.3 Å². The van der Waals surface area contributed by atoms with Gasteiger partial charge in [-0.3, -0.25) is 9.88 Å². The predicted molar refractivity (Wildman–Crippen MR) is 127 cm³/mol. The van der Waals surface area contributed by atoms with Crippen LogP contribution in [0.3, 0.4) is 0 Å². The first-order valence-corrected chi connectivity index (χ1v) is 11.3. The van der Waals surface area contributed by atoms with Crippen molar-refractivity contribution >= 4 is 21.9 Å². The third-order valence-electron chi connectivity index (χ3n) is 6.75. The summed E-state index contributed by atoms with van der Waals surface area (Å²) in [6.07, 6.45) is 1.97. The number of hydrogen-bond acceptors (Lipinski definition) is 6. The van der Waals surface area contributed by atoms with Crippen molar-refractivity contribution in [3.05, 3.63) is 63.3 Å². The number of aromatic nitrogens is 1. The second-order valence-corrected chi connectivity index (χ2v) is 8.84. The zero-order chi connectivity index (χ0) is 22.4. The second-order valence-electron chi connectivity index (χ2n) is 8.84. The van der Waals surface area contributed by atoms with Crippen LogP contribution in [0.5, 0.6) is 0 Å². The number of piperazine rings is 1. The lowest BCUT2D eigenvalue weighted by Crippen LogP contribution is -2.45. The highest BCUT2D eigenvalue weighted by molar-refractivity contribution is 5.96. The number of rotatable bonds is 4. The van der Waals surface area contributed by atoms with Gasteiger partial charge in [-0.15, -0.1) is 0 Å². The molecule has 1 fully saturated rings. The Balaban J connectivity index is 1.59. The number of nitrogens with zero attached hydrogens (tertiary/aromatic N) is 3. The molecule has 4 heterocycles. The summed E-state index contributed by atoms with van der Waals surface area (Å²) in [4.78, 5) is 21.9. The van der Waals surface area contributed by atoms with E-state index in [1.807, 2.05) is 26.1 Å². The van der Waals surface area contributed by atoms with Crippen LogP contribution < -0.4 is 5.63 Å². The van der Waals surface area contributed by atoms with Gasteiger partial charge in [-0.1, -0.05) is 6.92 Å². The van der Waals surface area contributed by atoms with Gasteiger partial charge in [-0.25, -0.2) is 4.79 Å². The van der Waals surface area contributed by atoms with Gasteiger partial charge in [0.25, 0.3) is 0 Å². The molecule has 0 unspecified atom stereocenters. The van der Waals surface area contributed by atoms with E-state index in [1.165, 1.54) is 6.07 Å². The number of likely N-dealkylation sites (N-methyl/N-ethyl adjacent to an activating group) is 1. The molecule has 3 aromatic heterocycles. The zero-order valence-corrected chi connectivity index (χ0v) is 19.2. The summed E-state index contributed by atoms with van der Waals surface area (Å²) >= 11 is 0. The fourth-order valence-corrected chi connectivity index (χ4v) is 4.59. The summed E-state index contributed by atoms with van der Waals surface area (Å²) in [5, 5.41) is 1.95. The first-order chi connectivity index (χ1) is 15.4. The minimum absolute atomic E-state index is 0.375. The standard InChI is InChI=1S/C26H29N3O3/c1-5-28-6-8-29(9-7-28)15-19-14-27-18(4)26-20(19)12-24(32-26)22-13-25(30)31-23-11-17(3)16(2)10-21(22)23/h10-14H,5-9,15H2,1-4H3. The van der Waals surface area contributed by atoms with Crippen LogP contribution >= 0.6 is 0 Å². The second kappa shape index (κ2) is 8.19. The van der Waals surface area contributed by atoms with Crippen LogP contribution in [0.1, 0.15) is 29.3 Å². The Hall–Kier alpha value is -2.96. The molecule has 0 amide bonds. The average molecular weight is 432 g/mol. The molecule has 0 saturated carbocycles. The summed E-state index contributed by atoms with van der Waals surface area (Å²) in [6.45, 7) is 14.5. The molecule has 1 saturated heterocycles. The van der Waals surface area contributed by atoms with E-state index in [1.54, 1.807) is 0 Å². The molecule has 6 heteroatoms. The number of benzene rings is 1. The van der Waals surface area contributed by atoms with Gasteiger partial charge in [0.1, 0.15) is 11.3 Å². The van der Waals surface area contributed by atoms with Gasteiger partial charge in [0.15, 0.2) is 5.58 Å². The largest absolute Gasteiger partial charge is 0.454 e. The Bertz CT molecular complexity index is 1360. The molecule has 0 N–H and O–H groups in total. The van der Waals surface area contributed by atoms with Crippen molar-refractivity contribution < 1.29 is 8.83 Å². The lowest BCUT2D eigenvalue weighted by atomic mass is 10.0. The number of hydrogen-bond donors (Lipinski definition) is 0. The van der Waals surface area contributed by atoms with E-state index in [0.29, 0.717) is 11.3 Å². The topological polar surface area (TPSA) is 62.7 Å². The maximum atomic E-state index is 12.3. The molecule has 0 spiro atoms. The highest BCUT2D eigenvalue weighted by Gasteiger charge is 2.20. The van der Waals surface area contributed by atoms with Crippen LogP contribution in [0.2, 0.25) is 0 Å². The highest BCUT2D eigenvalue weighted by Crippen LogP contribution is 2.35. The number of furan rings is 1. The summed E-state index contributed by atoms with van der Waals surface area (Å²) in [5.41, 5.74) is 6.00. The molecule has 0 aliphatic carbocycles. The minimum atomic E-state index is -0.375. The summed E-state index contributed by atoms with van der Waals surface area (Å²) < 4.78 is 11.8. The third-order valence-corrected chi connectivity index (χ3v) is 6.75. The molecule has 1 aliphatic heterocycles. The summed E-state index contributed by atoms with van der Waals surface area (Å²) in [7, 11) is 0. The fraction of sp³-hybridized carbons (Fsp3) is 0.385. The Morgan fingerprint density at radius 3 is 2.38 bits per heavy atom. The van der Waals surface area contributed by atoms with Crippen LogP contribution in [0.25, 0.3) is 33.3 Å². The number of fused-ring (bicyclic) bond motifs is 2. The van der Waals surface area contributed by atoms with Crippen molar-refractivity contribution in [2.24, 2.45) is 0 Å². The third kappa shape index (κ3) is 3.74. The summed E-state index contributed by atoms with van der Waals surface area (Å²) in [6, 6.07) is 7.58. The maximum absolute atomic E-state index is 12.3. The highest BCUT2D eigenvalue weighted by atomic mass is 16.4. The van der Waals surface area contributed by atoms with E-state index in [-0.39, 0.29) is 5.63 Å². The van der Waals surface area contributed by atoms with Crippen LogP contribution in [0.15, 0.2) is 44.1 Å². The van der Waals surface area contributed by atoms with Crippen molar-refractivity contribution in [3.63, 3.8) is 0 Å². The molecule has 0 bridgehead atoms. The Morgan fingerprint density at radius 1 is 0.906 bits per heavy atom. The molecule has 6 nitrogen and oxygen atoms in total. The molecule has 1 aliphatic rings. The van der Waals surface area contributed by atoms with Crippen molar-refractivity contribution in [2.75, 3.05) is 32.7 Å².